The van der Waals surface area contributed by atoms with Crippen LogP contribution < -0.4 is 5.32 Å². The molecule has 132 valence electrons. The van der Waals surface area contributed by atoms with Crippen molar-refractivity contribution in [3.8, 4) is 0 Å². The maximum atomic E-state index is 11.6. The number of carbonyl (C=O) groups is 1. The molecular formula is C16H30N4O3. The monoisotopic (exact) mass is 326 g/mol. The van der Waals surface area contributed by atoms with Crippen LogP contribution in [0.1, 0.15) is 26.5 Å². The summed E-state index contributed by atoms with van der Waals surface area (Å²) in [5.41, 5.74) is 0.625. The number of imidazole rings is 1. The van der Waals surface area contributed by atoms with Crippen molar-refractivity contribution in [2.45, 2.75) is 39.3 Å². The third-order valence-electron chi connectivity index (χ3n) is 3.25. The fourth-order valence-corrected chi connectivity index (χ4v) is 2.00. The van der Waals surface area contributed by atoms with Gasteiger partial charge in [0, 0.05) is 51.6 Å². The number of rotatable bonds is 9. The highest BCUT2D eigenvalue weighted by molar-refractivity contribution is 5.67. The lowest BCUT2D eigenvalue weighted by Crippen LogP contribution is -2.33. The molecule has 1 rings (SSSR count). The van der Waals surface area contributed by atoms with Crippen LogP contribution >= 0.6 is 0 Å². The van der Waals surface area contributed by atoms with E-state index in [1.807, 2.05) is 33.3 Å². The third kappa shape index (κ3) is 8.56. The van der Waals surface area contributed by atoms with E-state index in [0.717, 1.165) is 38.4 Å². The van der Waals surface area contributed by atoms with E-state index in [4.69, 9.17) is 9.47 Å². The number of ether oxygens (including phenoxy) is 2. The van der Waals surface area contributed by atoms with Crippen LogP contribution in [-0.4, -0.2) is 66.5 Å². The van der Waals surface area contributed by atoms with Crippen LogP contribution in [0.25, 0.3) is 0 Å². The maximum absolute atomic E-state index is 11.6. The minimum Gasteiger partial charge on any atom is -0.444 e. The van der Waals surface area contributed by atoms with Crippen LogP contribution in [0.5, 0.6) is 0 Å². The van der Waals surface area contributed by atoms with E-state index in [1.165, 1.54) is 0 Å². The fourth-order valence-electron chi connectivity index (χ4n) is 2.00. The van der Waals surface area contributed by atoms with Crippen LogP contribution in [0.2, 0.25) is 0 Å². The second-order valence-corrected chi connectivity index (χ2v) is 6.55. The van der Waals surface area contributed by atoms with Crippen LogP contribution in [0.15, 0.2) is 12.5 Å². The molecule has 7 nitrogen and oxygen atoms in total. The molecule has 23 heavy (non-hydrogen) atoms. The highest BCUT2D eigenvalue weighted by Gasteiger charge is 2.15. The quantitative estimate of drug-likeness (QED) is 0.745. The van der Waals surface area contributed by atoms with Gasteiger partial charge in [-0.15, -0.1) is 0 Å². The van der Waals surface area contributed by atoms with Gasteiger partial charge in [-0.05, 0) is 27.8 Å². The average molecular weight is 326 g/mol. The SMILES string of the molecule is COCCN(C)CCn1cncc1CCNC(=O)OC(C)(C)C. The van der Waals surface area contributed by atoms with Crippen molar-refractivity contribution in [3.63, 3.8) is 0 Å². The van der Waals surface area contributed by atoms with E-state index in [-0.39, 0.29) is 6.09 Å². The Morgan fingerprint density at radius 3 is 2.78 bits per heavy atom. The molecule has 0 bridgehead atoms. The number of alkyl carbamates (subject to hydrolysis) is 1. The average Bonchev–Trinajstić information content (AvgIpc) is 2.88. The topological polar surface area (TPSA) is 68.6 Å². The van der Waals surface area contributed by atoms with Gasteiger partial charge in [0.1, 0.15) is 5.60 Å². The molecule has 0 fully saturated rings. The van der Waals surface area contributed by atoms with E-state index in [2.05, 4.69) is 26.8 Å². The van der Waals surface area contributed by atoms with Gasteiger partial charge in [0.2, 0.25) is 0 Å². The second-order valence-electron chi connectivity index (χ2n) is 6.55. The molecule has 1 aromatic rings. The molecule has 0 radical (unpaired) electrons. The van der Waals surface area contributed by atoms with Gasteiger partial charge in [0.05, 0.1) is 12.9 Å². The summed E-state index contributed by atoms with van der Waals surface area (Å²) in [5, 5.41) is 2.77. The van der Waals surface area contributed by atoms with Gasteiger partial charge in [-0.3, -0.25) is 0 Å². The van der Waals surface area contributed by atoms with Crippen molar-refractivity contribution in [1.29, 1.82) is 0 Å². The van der Waals surface area contributed by atoms with Gasteiger partial charge < -0.3 is 24.3 Å². The number of methoxy groups -OCH3 is 1. The number of aromatic nitrogens is 2. The smallest absolute Gasteiger partial charge is 0.407 e. The van der Waals surface area contributed by atoms with Gasteiger partial charge in [0.25, 0.3) is 0 Å². The Kier molecular flexibility index (Phi) is 8.05. The van der Waals surface area contributed by atoms with Crippen LogP contribution in [0, 0.1) is 0 Å². The Labute approximate surface area is 139 Å². The molecule has 0 saturated carbocycles. The summed E-state index contributed by atoms with van der Waals surface area (Å²) in [4.78, 5) is 18.0. The summed E-state index contributed by atoms with van der Waals surface area (Å²) in [5.74, 6) is 0. The number of likely N-dealkylation sites (N-methyl/N-ethyl adjacent to an activating group) is 1. The number of carbonyl (C=O) groups excluding carboxylic acids is 1. The number of hydrogen-bond acceptors (Lipinski definition) is 5. The molecule has 0 aromatic carbocycles. The summed E-state index contributed by atoms with van der Waals surface area (Å²) in [6, 6.07) is 0. The second kappa shape index (κ2) is 9.52. The van der Waals surface area contributed by atoms with E-state index in [0.29, 0.717) is 6.54 Å². The van der Waals surface area contributed by atoms with Crippen molar-refractivity contribution in [1.82, 2.24) is 19.8 Å². The number of nitrogens with one attached hydrogen (secondary N) is 1. The normalized spacial score (nSPS) is 11.7. The Hall–Kier alpha value is -1.60. The Bertz CT molecular complexity index is 468. The predicted octanol–water partition coefficient (Wildman–Crippen LogP) is 1.53. The summed E-state index contributed by atoms with van der Waals surface area (Å²) in [7, 11) is 3.78. The van der Waals surface area contributed by atoms with E-state index in [1.54, 1.807) is 7.11 Å². The predicted molar refractivity (Wildman–Crippen MR) is 89.5 cm³/mol. The van der Waals surface area contributed by atoms with Crippen molar-refractivity contribution in [2.75, 3.05) is 40.4 Å². The van der Waals surface area contributed by atoms with Crippen molar-refractivity contribution < 1.29 is 14.3 Å². The first-order valence-electron chi connectivity index (χ1n) is 7.95. The molecule has 0 spiro atoms. The first kappa shape index (κ1) is 19.4. The zero-order valence-corrected chi connectivity index (χ0v) is 15.0. The minimum atomic E-state index is -0.474. The zero-order valence-electron chi connectivity index (χ0n) is 15.0. The number of amides is 1. The van der Waals surface area contributed by atoms with E-state index < -0.39 is 5.60 Å². The molecule has 0 aliphatic heterocycles. The molecule has 0 saturated heterocycles. The lowest BCUT2D eigenvalue weighted by Gasteiger charge is -2.20. The van der Waals surface area contributed by atoms with E-state index in [9.17, 15) is 4.79 Å². The van der Waals surface area contributed by atoms with Crippen molar-refractivity contribution >= 4 is 6.09 Å². The molecule has 1 heterocycles. The fraction of sp³-hybridized carbons (Fsp3) is 0.750. The highest BCUT2D eigenvalue weighted by Crippen LogP contribution is 2.06. The molecular weight excluding hydrogens is 296 g/mol. The van der Waals surface area contributed by atoms with Crippen molar-refractivity contribution in [3.05, 3.63) is 18.2 Å². The molecule has 1 N–H and O–H groups in total. The Morgan fingerprint density at radius 2 is 2.13 bits per heavy atom. The van der Waals surface area contributed by atoms with Crippen LogP contribution in [-0.2, 0) is 22.4 Å². The van der Waals surface area contributed by atoms with Gasteiger partial charge >= 0.3 is 6.09 Å². The highest BCUT2D eigenvalue weighted by atomic mass is 16.6. The van der Waals surface area contributed by atoms with Gasteiger partial charge in [-0.2, -0.15) is 0 Å². The summed E-state index contributed by atoms with van der Waals surface area (Å²) < 4.78 is 12.4. The minimum absolute atomic E-state index is 0.386. The van der Waals surface area contributed by atoms with Gasteiger partial charge in [0.15, 0.2) is 0 Å². The number of nitrogens with zero attached hydrogens (tertiary/aromatic N) is 3. The molecule has 0 aliphatic rings. The maximum Gasteiger partial charge on any atom is 0.407 e. The lowest BCUT2D eigenvalue weighted by atomic mass is 10.2. The van der Waals surface area contributed by atoms with Crippen LogP contribution in [0.3, 0.4) is 0 Å². The summed E-state index contributed by atoms with van der Waals surface area (Å²) in [6.45, 7) is 9.49. The molecule has 0 unspecified atom stereocenters. The molecule has 0 aliphatic carbocycles. The molecule has 1 amide bonds. The van der Waals surface area contributed by atoms with Gasteiger partial charge in [-0.1, -0.05) is 0 Å². The summed E-state index contributed by atoms with van der Waals surface area (Å²) >= 11 is 0. The largest absolute Gasteiger partial charge is 0.444 e. The summed E-state index contributed by atoms with van der Waals surface area (Å²) in [6.07, 6.45) is 4.00. The standard InChI is InChI=1S/C16H30N4O3/c1-16(2,3)23-15(21)18-7-6-14-12-17-13-20(14)9-8-19(4)10-11-22-5/h12-13H,6-11H2,1-5H3,(H,18,21). The zero-order chi connectivity index (χ0) is 17.3. The third-order valence-corrected chi connectivity index (χ3v) is 3.25. The van der Waals surface area contributed by atoms with Crippen molar-refractivity contribution in [2.24, 2.45) is 0 Å². The molecule has 1 aromatic heterocycles. The van der Waals surface area contributed by atoms with Crippen LogP contribution in [0.4, 0.5) is 4.79 Å². The first-order chi connectivity index (χ1) is 10.8. The Morgan fingerprint density at radius 1 is 1.39 bits per heavy atom. The molecule has 0 atom stereocenters. The number of hydrogen-bond donors (Lipinski definition) is 1. The first-order valence-corrected chi connectivity index (χ1v) is 7.95. The van der Waals surface area contributed by atoms with Gasteiger partial charge in [-0.25, -0.2) is 9.78 Å². The lowest BCUT2D eigenvalue weighted by molar-refractivity contribution is 0.0528. The van der Waals surface area contributed by atoms with E-state index >= 15 is 0 Å². The Balaban J connectivity index is 2.33. The molecule has 7 heteroatoms.